The second-order valence-electron chi connectivity index (χ2n) is 5.75. The highest BCUT2D eigenvalue weighted by atomic mass is 16.1. The number of hydrogen-bond acceptors (Lipinski definition) is 3. The number of anilines is 1. The number of nitrogens with two attached hydrogens (primary N) is 1. The third-order valence-electron chi connectivity index (χ3n) is 3.81. The maximum atomic E-state index is 12.5. The molecule has 0 aliphatic carbocycles. The van der Waals surface area contributed by atoms with Gasteiger partial charge in [-0.1, -0.05) is 18.2 Å². The van der Waals surface area contributed by atoms with E-state index < -0.39 is 0 Å². The Hall–Kier alpha value is -1.81. The zero-order valence-corrected chi connectivity index (χ0v) is 12.0. The first-order valence-electron chi connectivity index (χ1n) is 6.38. The molecule has 1 heterocycles. The van der Waals surface area contributed by atoms with Crippen molar-refractivity contribution in [3.05, 3.63) is 40.7 Å². The number of pyridine rings is 1. The van der Waals surface area contributed by atoms with Crippen LogP contribution in [-0.4, -0.2) is 29.1 Å². The summed E-state index contributed by atoms with van der Waals surface area (Å²) in [5.41, 5.74) is 5.88. The van der Waals surface area contributed by atoms with E-state index >= 15 is 0 Å². The van der Waals surface area contributed by atoms with Crippen LogP contribution in [0.4, 0.5) is 5.82 Å². The fraction of sp³-hybridized carbons (Fsp3) is 0.400. The molecule has 0 spiro atoms. The van der Waals surface area contributed by atoms with Crippen LogP contribution in [0.1, 0.15) is 13.8 Å². The first-order chi connectivity index (χ1) is 8.83. The summed E-state index contributed by atoms with van der Waals surface area (Å²) in [5.74, 6) is 0.513. The van der Waals surface area contributed by atoms with Crippen LogP contribution in [0.5, 0.6) is 0 Å². The number of aromatic nitrogens is 1. The molecule has 4 heteroatoms. The Morgan fingerprint density at radius 3 is 2.53 bits per heavy atom. The molecule has 2 aromatic rings. The number of nitrogen functional groups attached to an aromatic ring is 1. The Kier molecular flexibility index (Phi) is 3.37. The van der Waals surface area contributed by atoms with Gasteiger partial charge in [-0.15, -0.1) is 0 Å². The van der Waals surface area contributed by atoms with Gasteiger partial charge in [0.15, 0.2) is 0 Å². The number of benzene rings is 1. The van der Waals surface area contributed by atoms with Gasteiger partial charge in [0.1, 0.15) is 5.82 Å². The molecule has 0 saturated heterocycles. The Labute approximate surface area is 113 Å². The van der Waals surface area contributed by atoms with Crippen molar-refractivity contribution < 1.29 is 0 Å². The van der Waals surface area contributed by atoms with E-state index in [1.54, 1.807) is 4.57 Å². The largest absolute Gasteiger partial charge is 0.385 e. The standard InChI is InChI=1S/C15H21N3O/c1-15(2,17(3)4)10-18-13(16)9-11-7-5-6-8-12(11)14(18)19/h5-9H,10,16H2,1-4H3. The minimum atomic E-state index is -0.138. The Morgan fingerprint density at radius 1 is 1.26 bits per heavy atom. The van der Waals surface area contributed by atoms with Gasteiger partial charge in [-0.3, -0.25) is 9.36 Å². The smallest absolute Gasteiger partial charge is 0.260 e. The number of hydrogen-bond donors (Lipinski definition) is 1. The highest BCUT2D eigenvalue weighted by molar-refractivity contribution is 5.83. The van der Waals surface area contributed by atoms with Crippen molar-refractivity contribution in [2.75, 3.05) is 19.8 Å². The zero-order chi connectivity index (χ0) is 14.2. The lowest BCUT2D eigenvalue weighted by Crippen LogP contribution is -2.44. The summed E-state index contributed by atoms with van der Waals surface area (Å²) >= 11 is 0. The van der Waals surface area contributed by atoms with E-state index in [0.29, 0.717) is 17.7 Å². The second kappa shape index (κ2) is 4.70. The van der Waals surface area contributed by atoms with Crippen molar-refractivity contribution in [3.63, 3.8) is 0 Å². The molecule has 2 N–H and O–H groups in total. The van der Waals surface area contributed by atoms with Crippen molar-refractivity contribution in [2.24, 2.45) is 0 Å². The third-order valence-corrected chi connectivity index (χ3v) is 3.81. The van der Waals surface area contributed by atoms with Crippen LogP contribution >= 0.6 is 0 Å². The minimum Gasteiger partial charge on any atom is -0.385 e. The summed E-state index contributed by atoms with van der Waals surface area (Å²) < 4.78 is 1.66. The van der Waals surface area contributed by atoms with Crippen LogP contribution < -0.4 is 11.3 Å². The molecule has 102 valence electrons. The maximum Gasteiger partial charge on any atom is 0.260 e. The average Bonchev–Trinajstić information content (AvgIpc) is 2.34. The fourth-order valence-corrected chi connectivity index (χ4v) is 2.01. The molecular weight excluding hydrogens is 238 g/mol. The van der Waals surface area contributed by atoms with E-state index in [1.807, 2.05) is 44.4 Å². The van der Waals surface area contributed by atoms with Gasteiger partial charge in [-0.25, -0.2) is 0 Å². The van der Waals surface area contributed by atoms with Crippen molar-refractivity contribution in [3.8, 4) is 0 Å². The summed E-state index contributed by atoms with van der Waals surface area (Å²) in [6, 6.07) is 9.41. The second-order valence-corrected chi connectivity index (χ2v) is 5.75. The average molecular weight is 259 g/mol. The minimum absolute atomic E-state index is 0.0227. The van der Waals surface area contributed by atoms with Crippen molar-refractivity contribution in [1.82, 2.24) is 9.47 Å². The van der Waals surface area contributed by atoms with Gasteiger partial charge in [-0.05, 0) is 45.5 Å². The molecule has 1 aromatic heterocycles. The fourth-order valence-electron chi connectivity index (χ4n) is 2.01. The van der Waals surface area contributed by atoms with Gasteiger partial charge < -0.3 is 10.6 Å². The molecule has 0 bridgehead atoms. The monoisotopic (exact) mass is 259 g/mol. The topological polar surface area (TPSA) is 51.3 Å². The molecule has 0 radical (unpaired) electrons. The SMILES string of the molecule is CN(C)C(C)(C)Cn1c(N)cc2ccccc2c1=O. The van der Waals surface area contributed by atoms with Crippen LogP contribution in [0.15, 0.2) is 35.1 Å². The van der Waals surface area contributed by atoms with Crippen LogP contribution in [0.2, 0.25) is 0 Å². The lowest BCUT2D eigenvalue weighted by molar-refractivity contribution is 0.169. The summed E-state index contributed by atoms with van der Waals surface area (Å²) in [4.78, 5) is 14.6. The molecule has 0 fully saturated rings. The third kappa shape index (κ3) is 2.49. The molecule has 19 heavy (non-hydrogen) atoms. The van der Waals surface area contributed by atoms with Crippen LogP contribution in [0.25, 0.3) is 10.8 Å². The molecule has 0 amide bonds. The Bertz CT molecular complexity index is 656. The molecule has 0 aliphatic rings. The van der Waals surface area contributed by atoms with E-state index in [9.17, 15) is 4.79 Å². The number of rotatable bonds is 3. The van der Waals surface area contributed by atoms with E-state index in [-0.39, 0.29) is 11.1 Å². The Balaban J connectivity index is 2.59. The van der Waals surface area contributed by atoms with E-state index in [4.69, 9.17) is 5.73 Å². The van der Waals surface area contributed by atoms with E-state index in [0.717, 1.165) is 5.39 Å². The van der Waals surface area contributed by atoms with Gasteiger partial charge >= 0.3 is 0 Å². The Morgan fingerprint density at radius 2 is 1.89 bits per heavy atom. The molecular formula is C15H21N3O. The van der Waals surface area contributed by atoms with Crippen molar-refractivity contribution in [1.29, 1.82) is 0 Å². The molecule has 0 unspecified atom stereocenters. The summed E-state index contributed by atoms with van der Waals surface area (Å²) in [7, 11) is 4.00. The zero-order valence-electron chi connectivity index (χ0n) is 12.0. The molecule has 0 aliphatic heterocycles. The molecule has 0 saturated carbocycles. The highest BCUT2D eigenvalue weighted by Gasteiger charge is 2.23. The first-order valence-corrected chi connectivity index (χ1v) is 6.38. The summed E-state index contributed by atoms with van der Waals surface area (Å²) in [6.07, 6.45) is 0. The predicted octanol–water partition coefficient (Wildman–Crippen LogP) is 1.92. The summed E-state index contributed by atoms with van der Waals surface area (Å²) in [6.45, 7) is 4.75. The lowest BCUT2D eigenvalue weighted by atomic mass is 10.0. The maximum absolute atomic E-state index is 12.5. The highest BCUT2D eigenvalue weighted by Crippen LogP contribution is 2.18. The normalized spacial score (nSPS) is 12.3. The van der Waals surface area contributed by atoms with Crippen LogP contribution in [0, 0.1) is 0 Å². The van der Waals surface area contributed by atoms with Crippen molar-refractivity contribution >= 4 is 16.6 Å². The summed E-state index contributed by atoms with van der Waals surface area (Å²) in [5, 5.41) is 1.61. The number of likely N-dealkylation sites (N-methyl/N-ethyl adjacent to an activating group) is 1. The number of nitrogens with zero attached hydrogens (tertiary/aromatic N) is 2. The van der Waals surface area contributed by atoms with Gasteiger partial charge in [0, 0.05) is 17.5 Å². The lowest BCUT2D eigenvalue weighted by Gasteiger charge is -2.33. The molecule has 4 nitrogen and oxygen atoms in total. The van der Waals surface area contributed by atoms with Gasteiger partial charge in [0.05, 0.1) is 0 Å². The van der Waals surface area contributed by atoms with Crippen molar-refractivity contribution in [2.45, 2.75) is 25.9 Å². The quantitative estimate of drug-likeness (QED) is 0.916. The van der Waals surface area contributed by atoms with Crippen LogP contribution in [-0.2, 0) is 6.54 Å². The molecule has 1 aromatic carbocycles. The predicted molar refractivity (Wildman–Crippen MR) is 80.4 cm³/mol. The van der Waals surface area contributed by atoms with E-state index in [1.165, 1.54) is 0 Å². The van der Waals surface area contributed by atoms with E-state index in [2.05, 4.69) is 18.7 Å². The van der Waals surface area contributed by atoms with Gasteiger partial charge in [0.2, 0.25) is 0 Å². The first kappa shape index (κ1) is 13.6. The van der Waals surface area contributed by atoms with Gasteiger partial charge in [-0.2, -0.15) is 0 Å². The molecule has 2 rings (SSSR count). The molecule has 0 atom stereocenters. The van der Waals surface area contributed by atoms with Crippen LogP contribution in [0.3, 0.4) is 0 Å². The van der Waals surface area contributed by atoms with Gasteiger partial charge in [0.25, 0.3) is 5.56 Å². The number of fused-ring (bicyclic) bond motifs is 1.